The Kier molecular flexibility index (Phi) is 13.1. The number of hydrogen-bond donors (Lipinski definition) is 0. The predicted octanol–water partition coefficient (Wildman–Crippen LogP) is 3.63. The summed E-state index contributed by atoms with van der Waals surface area (Å²) in [6.07, 6.45) is 5.90. The molecular formula is C9H15F. The van der Waals surface area contributed by atoms with Gasteiger partial charge < -0.3 is 0 Å². The molecule has 0 N–H and O–H groups in total. The average molecular weight is 142 g/mol. The fourth-order valence-electron chi connectivity index (χ4n) is 0.256. The van der Waals surface area contributed by atoms with Crippen molar-refractivity contribution in [1.29, 1.82) is 0 Å². The standard InChI is InChI=1S/C7H9F.C2H6/c1-3-5-6-7(8)4-2;1-2/h3-6H,2H2,1H3;1-2H3/b5-3-,7-6+;. The Morgan fingerprint density at radius 1 is 1.40 bits per heavy atom. The molecule has 0 nitrogen and oxygen atoms in total. The molecule has 0 unspecified atom stereocenters. The van der Waals surface area contributed by atoms with Crippen molar-refractivity contribution in [2.75, 3.05) is 0 Å². The lowest BCUT2D eigenvalue weighted by atomic mass is 10.4. The molecule has 1 heteroatoms. The van der Waals surface area contributed by atoms with Gasteiger partial charge in [-0.25, -0.2) is 4.39 Å². The summed E-state index contributed by atoms with van der Waals surface area (Å²) in [5.74, 6) is -0.303. The molecule has 10 heavy (non-hydrogen) atoms. The van der Waals surface area contributed by atoms with Crippen molar-refractivity contribution >= 4 is 0 Å². The first-order valence-corrected chi connectivity index (χ1v) is 3.42. The second kappa shape index (κ2) is 11.0. The van der Waals surface area contributed by atoms with Crippen LogP contribution >= 0.6 is 0 Å². The number of halogens is 1. The maximum atomic E-state index is 12.0. The van der Waals surface area contributed by atoms with E-state index in [1.54, 1.807) is 12.2 Å². The van der Waals surface area contributed by atoms with E-state index in [1.807, 2.05) is 20.8 Å². The highest BCUT2D eigenvalue weighted by Crippen LogP contribution is 1.95. The highest BCUT2D eigenvalue weighted by Gasteiger charge is 1.76. The van der Waals surface area contributed by atoms with Crippen LogP contribution in [0.25, 0.3) is 0 Å². The molecular weight excluding hydrogens is 127 g/mol. The maximum absolute atomic E-state index is 12.0. The van der Waals surface area contributed by atoms with Gasteiger partial charge in [-0.3, -0.25) is 0 Å². The summed E-state index contributed by atoms with van der Waals surface area (Å²) in [6, 6.07) is 0. The second-order valence-corrected chi connectivity index (χ2v) is 1.28. The molecule has 0 aromatic rings. The van der Waals surface area contributed by atoms with Crippen molar-refractivity contribution in [2.45, 2.75) is 20.8 Å². The van der Waals surface area contributed by atoms with Crippen LogP contribution < -0.4 is 0 Å². The topological polar surface area (TPSA) is 0 Å². The SMILES string of the molecule is C=C/C(F)=C\C=C/C.CC. The van der Waals surface area contributed by atoms with E-state index < -0.39 is 0 Å². The zero-order valence-electron chi connectivity index (χ0n) is 6.89. The molecule has 0 saturated carbocycles. The van der Waals surface area contributed by atoms with Crippen molar-refractivity contribution in [3.63, 3.8) is 0 Å². The van der Waals surface area contributed by atoms with Crippen LogP contribution in [-0.2, 0) is 0 Å². The molecule has 0 bridgehead atoms. The van der Waals surface area contributed by atoms with Crippen LogP contribution in [0.2, 0.25) is 0 Å². The van der Waals surface area contributed by atoms with E-state index in [0.717, 1.165) is 0 Å². The minimum Gasteiger partial charge on any atom is -0.207 e. The molecule has 0 aliphatic rings. The summed E-state index contributed by atoms with van der Waals surface area (Å²) in [5, 5.41) is 0. The first-order chi connectivity index (χ1) is 4.81. The van der Waals surface area contributed by atoms with Gasteiger partial charge in [0.25, 0.3) is 0 Å². The molecule has 0 aliphatic carbocycles. The van der Waals surface area contributed by atoms with E-state index in [1.165, 1.54) is 12.2 Å². The molecule has 0 rings (SSSR count). The first-order valence-electron chi connectivity index (χ1n) is 3.42. The number of rotatable bonds is 2. The fourth-order valence-corrected chi connectivity index (χ4v) is 0.256. The third-order valence-corrected chi connectivity index (χ3v) is 0.643. The minimum atomic E-state index is -0.303. The molecule has 0 aromatic heterocycles. The Morgan fingerprint density at radius 2 is 1.90 bits per heavy atom. The third kappa shape index (κ3) is 10.2. The maximum Gasteiger partial charge on any atom is 0.122 e. The molecule has 0 spiro atoms. The van der Waals surface area contributed by atoms with Gasteiger partial charge in [-0.15, -0.1) is 0 Å². The largest absolute Gasteiger partial charge is 0.207 e. The van der Waals surface area contributed by atoms with Gasteiger partial charge in [0.1, 0.15) is 5.83 Å². The summed E-state index contributed by atoms with van der Waals surface area (Å²) in [7, 11) is 0. The summed E-state index contributed by atoms with van der Waals surface area (Å²) in [6.45, 7) is 9.06. The van der Waals surface area contributed by atoms with Crippen LogP contribution in [0.4, 0.5) is 4.39 Å². The number of hydrogen-bond acceptors (Lipinski definition) is 0. The van der Waals surface area contributed by atoms with Gasteiger partial charge >= 0.3 is 0 Å². The quantitative estimate of drug-likeness (QED) is 0.516. The van der Waals surface area contributed by atoms with Crippen LogP contribution in [0, 0.1) is 0 Å². The van der Waals surface area contributed by atoms with Crippen LogP contribution in [0.3, 0.4) is 0 Å². The van der Waals surface area contributed by atoms with Crippen molar-refractivity contribution < 1.29 is 4.39 Å². The van der Waals surface area contributed by atoms with Gasteiger partial charge in [0, 0.05) is 0 Å². The molecule has 0 saturated heterocycles. The Hall–Kier alpha value is -0.850. The molecule has 0 aromatic carbocycles. The third-order valence-electron chi connectivity index (χ3n) is 0.643. The fraction of sp³-hybridized carbons (Fsp3) is 0.333. The van der Waals surface area contributed by atoms with Gasteiger partial charge in [-0.1, -0.05) is 32.6 Å². The monoisotopic (exact) mass is 142 g/mol. The molecule has 0 amide bonds. The molecule has 0 fully saturated rings. The van der Waals surface area contributed by atoms with Gasteiger partial charge in [0.15, 0.2) is 0 Å². The lowest BCUT2D eigenvalue weighted by Gasteiger charge is -1.76. The molecule has 0 radical (unpaired) electrons. The van der Waals surface area contributed by atoms with E-state index >= 15 is 0 Å². The lowest BCUT2D eigenvalue weighted by Crippen LogP contribution is -1.57. The summed E-state index contributed by atoms with van der Waals surface area (Å²) in [4.78, 5) is 0. The Balaban J connectivity index is 0. The van der Waals surface area contributed by atoms with Gasteiger partial charge in [0.05, 0.1) is 0 Å². The Labute approximate surface area is 62.8 Å². The zero-order valence-corrected chi connectivity index (χ0v) is 6.89. The highest BCUT2D eigenvalue weighted by molar-refractivity contribution is 5.14. The summed E-state index contributed by atoms with van der Waals surface area (Å²) >= 11 is 0. The van der Waals surface area contributed by atoms with Gasteiger partial charge in [-0.05, 0) is 19.1 Å². The zero-order chi connectivity index (χ0) is 8.41. The molecule has 0 atom stereocenters. The molecule has 0 aliphatic heterocycles. The predicted molar refractivity (Wildman–Crippen MR) is 45.6 cm³/mol. The summed E-state index contributed by atoms with van der Waals surface area (Å²) in [5.41, 5.74) is 0. The smallest absolute Gasteiger partial charge is 0.122 e. The lowest BCUT2D eigenvalue weighted by molar-refractivity contribution is 0.668. The van der Waals surface area contributed by atoms with Crippen LogP contribution in [-0.4, -0.2) is 0 Å². The Bertz CT molecular complexity index is 121. The van der Waals surface area contributed by atoms with Gasteiger partial charge in [-0.2, -0.15) is 0 Å². The van der Waals surface area contributed by atoms with Crippen LogP contribution in [0.15, 0.2) is 36.7 Å². The van der Waals surface area contributed by atoms with Crippen LogP contribution in [0.5, 0.6) is 0 Å². The van der Waals surface area contributed by atoms with Crippen molar-refractivity contribution in [3.8, 4) is 0 Å². The summed E-state index contributed by atoms with van der Waals surface area (Å²) < 4.78 is 12.0. The van der Waals surface area contributed by atoms with Crippen molar-refractivity contribution in [1.82, 2.24) is 0 Å². The Morgan fingerprint density at radius 3 is 2.20 bits per heavy atom. The van der Waals surface area contributed by atoms with E-state index in [9.17, 15) is 4.39 Å². The highest BCUT2D eigenvalue weighted by atomic mass is 19.1. The van der Waals surface area contributed by atoms with E-state index in [2.05, 4.69) is 6.58 Å². The first kappa shape index (κ1) is 11.9. The van der Waals surface area contributed by atoms with Crippen LogP contribution in [0.1, 0.15) is 20.8 Å². The second-order valence-electron chi connectivity index (χ2n) is 1.28. The van der Waals surface area contributed by atoms with E-state index in [4.69, 9.17) is 0 Å². The van der Waals surface area contributed by atoms with Crippen molar-refractivity contribution in [3.05, 3.63) is 36.7 Å². The van der Waals surface area contributed by atoms with Gasteiger partial charge in [0.2, 0.25) is 0 Å². The average Bonchev–Trinajstić information content (AvgIpc) is 2.04. The molecule has 0 heterocycles. The minimum absolute atomic E-state index is 0.303. The van der Waals surface area contributed by atoms with Crippen molar-refractivity contribution in [2.24, 2.45) is 0 Å². The van der Waals surface area contributed by atoms with E-state index in [0.29, 0.717) is 0 Å². The molecule has 58 valence electrons. The normalized spacial score (nSPS) is 10.6. The number of allylic oxidation sites excluding steroid dienone is 5. The van der Waals surface area contributed by atoms with E-state index in [-0.39, 0.29) is 5.83 Å².